The predicted molar refractivity (Wildman–Crippen MR) is 96.1 cm³/mol. The van der Waals surface area contributed by atoms with Gasteiger partial charge in [0, 0.05) is 28.0 Å². The Morgan fingerprint density at radius 3 is 2.50 bits per heavy atom. The lowest BCUT2D eigenvalue weighted by atomic mass is 10.0. The van der Waals surface area contributed by atoms with Crippen LogP contribution in [0.2, 0.25) is 0 Å². The molecule has 3 nitrogen and oxygen atoms in total. The van der Waals surface area contributed by atoms with Gasteiger partial charge in [0.05, 0.1) is 6.57 Å². The summed E-state index contributed by atoms with van der Waals surface area (Å²) in [7, 11) is 2.07. The molecule has 0 saturated carbocycles. The minimum atomic E-state index is 0.633. The van der Waals surface area contributed by atoms with E-state index < -0.39 is 0 Å². The lowest BCUT2D eigenvalue weighted by Crippen LogP contribution is -2.31. The molecule has 4 aromatic rings. The number of aryl methyl sites for hydroxylation is 3. The molecule has 0 bridgehead atoms. The van der Waals surface area contributed by atoms with Gasteiger partial charge in [-0.25, -0.2) is 9.41 Å². The number of aromatic nitrogens is 1. The number of furan rings is 1. The van der Waals surface area contributed by atoms with Crippen LogP contribution in [0.15, 0.2) is 53.1 Å². The number of pyridine rings is 1. The van der Waals surface area contributed by atoms with Crippen molar-refractivity contribution in [3.63, 3.8) is 0 Å². The average molecular weight is 313 g/mol. The number of fused-ring (bicyclic) bond motifs is 3. The van der Waals surface area contributed by atoms with E-state index in [1.54, 1.807) is 6.07 Å². The Morgan fingerprint density at radius 1 is 0.958 bits per heavy atom. The third-order valence-corrected chi connectivity index (χ3v) is 4.49. The van der Waals surface area contributed by atoms with Crippen LogP contribution in [0.4, 0.5) is 5.69 Å². The number of benzene rings is 2. The summed E-state index contributed by atoms with van der Waals surface area (Å²) in [6.45, 7) is 11.4. The summed E-state index contributed by atoms with van der Waals surface area (Å²) in [4.78, 5) is 3.53. The summed E-state index contributed by atoms with van der Waals surface area (Å²) in [5.74, 6) is 0. The second kappa shape index (κ2) is 5.21. The largest absolute Gasteiger partial charge is 0.456 e. The molecule has 0 amide bonds. The Kier molecular flexibility index (Phi) is 3.14. The Bertz CT molecular complexity index is 1150. The van der Waals surface area contributed by atoms with Crippen molar-refractivity contribution in [1.29, 1.82) is 0 Å². The molecular formula is C21H17N2O+. The first kappa shape index (κ1) is 14.5. The van der Waals surface area contributed by atoms with Crippen LogP contribution in [0.1, 0.15) is 11.1 Å². The van der Waals surface area contributed by atoms with Gasteiger partial charge in [0.2, 0.25) is 5.69 Å². The van der Waals surface area contributed by atoms with Crippen LogP contribution >= 0.6 is 0 Å². The standard InChI is InChI=1S/C21H17N2O/c1-13-5-7-19(23(4)12-13)16-11-18-17-10-15(22-3)6-8-20(17)24-21(18)9-14(16)2/h5-12H,1-2,4H3/q+1. The number of rotatable bonds is 1. The molecule has 2 aromatic carbocycles. The zero-order valence-corrected chi connectivity index (χ0v) is 13.9. The molecule has 0 radical (unpaired) electrons. The first-order valence-corrected chi connectivity index (χ1v) is 7.88. The maximum Gasteiger partial charge on any atom is 0.212 e. The second-order valence-electron chi connectivity index (χ2n) is 6.26. The molecule has 2 aromatic heterocycles. The van der Waals surface area contributed by atoms with Crippen molar-refractivity contribution in [2.75, 3.05) is 0 Å². The van der Waals surface area contributed by atoms with E-state index in [0.29, 0.717) is 5.69 Å². The van der Waals surface area contributed by atoms with Crippen molar-refractivity contribution in [2.45, 2.75) is 13.8 Å². The van der Waals surface area contributed by atoms with Crippen molar-refractivity contribution in [2.24, 2.45) is 7.05 Å². The SMILES string of the molecule is [C-]#[N+]c1ccc2oc3cc(C)c(-c4ccc(C)c[n+]4C)cc3c2c1. The lowest BCUT2D eigenvalue weighted by Gasteiger charge is -2.05. The number of nitrogens with zero attached hydrogens (tertiary/aromatic N) is 2. The zero-order valence-electron chi connectivity index (χ0n) is 13.9. The Hall–Kier alpha value is -3.12. The molecule has 0 atom stereocenters. The van der Waals surface area contributed by atoms with Crippen LogP contribution in [0, 0.1) is 20.4 Å². The fourth-order valence-corrected chi connectivity index (χ4v) is 3.28. The zero-order chi connectivity index (χ0) is 16.8. The van der Waals surface area contributed by atoms with Gasteiger partial charge in [-0.3, -0.25) is 0 Å². The molecule has 2 heterocycles. The predicted octanol–water partition coefficient (Wildman–Crippen LogP) is 5.25. The summed E-state index contributed by atoms with van der Waals surface area (Å²) < 4.78 is 8.11. The second-order valence-corrected chi connectivity index (χ2v) is 6.26. The van der Waals surface area contributed by atoms with Gasteiger partial charge in [0.1, 0.15) is 18.2 Å². The van der Waals surface area contributed by atoms with Crippen molar-refractivity contribution in [3.05, 3.63) is 71.2 Å². The minimum Gasteiger partial charge on any atom is -0.456 e. The van der Waals surface area contributed by atoms with E-state index in [0.717, 1.165) is 27.6 Å². The van der Waals surface area contributed by atoms with Gasteiger partial charge in [0.15, 0.2) is 11.9 Å². The van der Waals surface area contributed by atoms with Gasteiger partial charge in [-0.15, -0.1) is 0 Å². The smallest absolute Gasteiger partial charge is 0.212 e. The Labute approximate surface area is 140 Å². The summed E-state index contributed by atoms with van der Waals surface area (Å²) in [5.41, 5.74) is 7.07. The van der Waals surface area contributed by atoms with Crippen molar-refractivity contribution >= 4 is 27.6 Å². The van der Waals surface area contributed by atoms with Crippen LogP contribution in [0.5, 0.6) is 0 Å². The number of hydrogen-bond donors (Lipinski definition) is 0. The molecule has 0 aliphatic rings. The van der Waals surface area contributed by atoms with Crippen LogP contribution in [0.25, 0.3) is 38.0 Å². The van der Waals surface area contributed by atoms with Crippen LogP contribution in [0.3, 0.4) is 0 Å². The molecule has 116 valence electrons. The van der Waals surface area contributed by atoms with E-state index in [2.05, 4.69) is 60.8 Å². The van der Waals surface area contributed by atoms with Gasteiger partial charge in [0.25, 0.3) is 0 Å². The fraction of sp³-hybridized carbons (Fsp3) is 0.143. The van der Waals surface area contributed by atoms with Crippen LogP contribution < -0.4 is 4.57 Å². The van der Waals surface area contributed by atoms with E-state index >= 15 is 0 Å². The summed E-state index contributed by atoms with van der Waals surface area (Å²) in [5, 5.41) is 2.05. The summed E-state index contributed by atoms with van der Waals surface area (Å²) in [6, 6.07) is 14.1. The molecule has 24 heavy (non-hydrogen) atoms. The summed E-state index contributed by atoms with van der Waals surface area (Å²) >= 11 is 0. The first-order valence-electron chi connectivity index (χ1n) is 7.88. The molecule has 0 aliphatic heterocycles. The van der Waals surface area contributed by atoms with Gasteiger partial charge in [-0.1, -0.05) is 6.07 Å². The van der Waals surface area contributed by atoms with E-state index in [9.17, 15) is 0 Å². The van der Waals surface area contributed by atoms with E-state index in [4.69, 9.17) is 11.0 Å². The Morgan fingerprint density at radius 2 is 1.75 bits per heavy atom. The highest BCUT2D eigenvalue weighted by atomic mass is 16.3. The van der Waals surface area contributed by atoms with Crippen molar-refractivity contribution in [3.8, 4) is 11.3 Å². The molecule has 0 unspecified atom stereocenters. The highest BCUT2D eigenvalue weighted by Gasteiger charge is 2.16. The highest BCUT2D eigenvalue weighted by Crippen LogP contribution is 2.35. The maximum atomic E-state index is 7.23. The normalized spacial score (nSPS) is 11.1. The van der Waals surface area contributed by atoms with Gasteiger partial charge in [-0.2, -0.15) is 0 Å². The van der Waals surface area contributed by atoms with Gasteiger partial charge >= 0.3 is 0 Å². The van der Waals surface area contributed by atoms with Crippen molar-refractivity contribution < 1.29 is 8.98 Å². The van der Waals surface area contributed by atoms with E-state index in [1.165, 1.54) is 16.7 Å². The molecule has 4 rings (SSSR count). The quantitative estimate of drug-likeness (QED) is 0.347. The third kappa shape index (κ3) is 2.16. The molecule has 0 fully saturated rings. The summed E-state index contributed by atoms with van der Waals surface area (Å²) in [6.07, 6.45) is 2.13. The highest BCUT2D eigenvalue weighted by molar-refractivity contribution is 6.07. The number of hydrogen-bond acceptors (Lipinski definition) is 1. The van der Waals surface area contributed by atoms with Gasteiger partial charge in [-0.05, 0) is 49.7 Å². The molecule has 0 spiro atoms. The van der Waals surface area contributed by atoms with Crippen LogP contribution in [-0.4, -0.2) is 0 Å². The maximum absolute atomic E-state index is 7.23. The monoisotopic (exact) mass is 313 g/mol. The molecule has 0 aliphatic carbocycles. The fourth-order valence-electron chi connectivity index (χ4n) is 3.28. The molecule has 0 N–H and O–H groups in total. The molecule has 3 heteroatoms. The topological polar surface area (TPSA) is 21.4 Å². The molecular weight excluding hydrogens is 296 g/mol. The van der Waals surface area contributed by atoms with Crippen LogP contribution in [-0.2, 0) is 7.05 Å². The lowest BCUT2D eigenvalue weighted by molar-refractivity contribution is -0.660. The Balaban J connectivity index is 2.05. The minimum absolute atomic E-state index is 0.633. The first-order chi connectivity index (χ1) is 11.6. The van der Waals surface area contributed by atoms with E-state index in [1.807, 2.05) is 12.1 Å². The average Bonchev–Trinajstić information content (AvgIpc) is 2.90. The third-order valence-electron chi connectivity index (χ3n) is 4.49. The molecule has 0 saturated heterocycles. The van der Waals surface area contributed by atoms with E-state index in [-0.39, 0.29) is 0 Å². The van der Waals surface area contributed by atoms with Gasteiger partial charge < -0.3 is 4.42 Å². The van der Waals surface area contributed by atoms with Crippen molar-refractivity contribution in [1.82, 2.24) is 0 Å².